The van der Waals surface area contributed by atoms with E-state index < -0.39 is 5.82 Å². The van der Waals surface area contributed by atoms with E-state index in [2.05, 4.69) is 0 Å². The highest BCUT2D eigenvalue weighted by molar-refractivity contribution is 6.30. The summed E-state index contributed by atoms with van der Waals surface area (Å²) in [6, 6.07) is 12.3. The fraction of sp³-hybridized carbons (Fsp3) is 0.200. The molecule has 2 N–H and O–H groups in total. The van der Waals surface area contributed by atoms with Gasteiger partial charge in [-0.1, -0.05) is 35.9 Å². The van der Waals surface area contributed by atoms with E-state index in [1.807, 2.05) is 31.2 Å². The van der Waals surface area contributed by atoms with Crippen LogP contribution in [0.15, 0.2) is 42.5 Å². The highest BCUT2D eigenvalue weighted by atomic mass is 35.5. The number of ether oxygens (including phenoxy) is 1. The first-order chi connectivity index (χ1) is 9.08. The molecule has 1 atom stereocenters. The van der Waals surface area contributed by atoms with Crippen molar-refractivity contribution in [2.45, 2.75) is 19.6 Å². The molecule has 0 heterocycles. The molecule has 0 aromatic heterocycles. The molecule has 19 heavy (non-hydrogen) atoms. The Bertz CT molecular complexity index is 555. The minimum absolute atomic E-state index is 0.0144. The van der Waals surface area contributed by atoms with Crippen LogP contribution in [0.1, 0.15) is 24.1 Å². The Kier molecular flexibility index (Phi) is 4.40. The van der Waals surface area contributed by atoms with Crippen LogP contribution in [-0.4, -0.2) is 0 Å². The van der Waals surface area contributed by atoms with Crippen molar-refractivity contribution >= 4 is 11.6 Å². The minimum Gasteiger partial charge on any atom is -0.489 e. The zero-order valence-corrected chi connectivity index (χ0v) is 11.3. The van der Waals surface area contributed by atoms with Gasteiger partial charge in [-0.05, 0) is 30.7 Å². The van der Waals surface area contributed by atoms with Gasteiger partial charge in [-0.25, -0.2) is 4.39 Å². The largest absolute Gasteiger partial charge is 0.489 e. The van der Waals surface area contributed by atoms with Crippen LogP contribution < -0.4 is 10.5 Å². The molecule has 0 radical (unpaired) electrons. The molecule has 0 saturated heterocycles. The molecule has 100 valence electrons. The van der Waals surface area contributed by atoms with E-state index in [0.29, 0.717) is 11.3 Å². The van der Waals surface area contributed by atoms with E-state index in [9.17, 15) is 4.39 Å². The Morgan fingerprint density at radius 2 is 1.89 bits per heavy atom. The summed E-state index contributed by atoms with van der Waals surface area (Å²) in [4.78, 5) is 0. The van der Waals surface area contributed by atoms with Crippen LogP contribution >= 0.6 is 11.6 Å². The zero-order valence-electron chi connectivity index (χ0n) is 10.6. The number of hydrogen-bond acceptors (Lipinski definition) is 2. The van der Waals surface area contributed by atoms with Crippen molar-refractivity contribution in [2.24, 2.45) is 5.73 Å². The molecule has 2 aromatic carbocycles. The first-order valence-corrected chi connectivity index (χ1v) is 6.37. The van der Waals surface area contributed by atoms with Gasteiger partial charge < -0.3 is 10.5 Å². The Hall–Kier alpha value is -1.58. The second-order valence-corrected chi connectivity index (χ2v) is 4.77. The molecule has 2 nitrogen and oxygen atoms in total. The maximum absolute atomic E-state index is 13.6. The fourth-order valence-electron chi connectivity index (χ4n) is 1.69. The van der Waals surface area contributed by atoms with Gasteiger partial charge in [0.2, 0.25) is 0 Å². The monoisotopic (exact) mass is 279 g/mol. The van der Waals surface area contributed by atoms with Gasteiger partial charge >= 0.3 is 0 Å². The lowest BCUT2D eigenvalue weighted by Gasteiger charge is -2.10. The van der Waals surface area contributed by atoms with Gasteiger partial charge in [0, 0.05) is 11.6 Å². The standard InChI is InChI=1S/C15H15ClFNO/c1-10(18)11-5-7-13(8-6-11)19-9-12-3-2-4-14(16)15(12)17/h2-8,10H,9,18H2,1H3. The van der Waals surface area contributed by atoms with Crippen LogP contribution in [0.5, 0.6) is 5.75 Å². The second-order valence-electron chi connectivity index (χ2n) is 4.36. The van der Waals surface area contributed by atoms with E-state index >= 15 is 0 Å². The van der Waals surface area contributed by atoms with Crippen molar-refractivity contribution in [3.05, 3.63) is 64.4 Å². The topological polar surface area (TPSA) is 35.2 Å². The van der Waals surface area contributed by atoms with Crippen LogP contribution in [0.3, 0.4) is 0 Å². The van der Waals surface area contributed by atoms with Gasteiger partial charge in [0.05, 0.1) is 5.02 Å². The average Bonchev–Trinajstić information content (AvgIpc) is 2.41. The molecule has 0 fully saturated rings. The highest BCUT2D eigenvalue weighted by Gasteiger charge is 2.07. The summed E-state index contributed by atoms with van der Waals surface area (Å²) in [5.74, 6) is 0.236. The molecule has 0 spiro atoms. The highest BCUT2D eigenvalue weighted by Crippen LogP contribution is 2.21. The van der Waals surface area contributed by atoms with E-state index in [4.69, 9.17) is 22.1 Å². The lowest BCUT2D eigenvalue weighted by Crippen LogP contribution is -2.04. The van der Waals surface area contributed by atoms with Crippen LogP contribution in [0.2, 0.25) is 5.02 Å². The summed E-state index contributed by atoms with van der Waals surface area (Å²) in [5, 5.41) is 0.105. The number of hydrogen-bond donors (Lipinski definition) is 1. The third-order valence-corrected chi connectivity index (χ3v) is 3.12. The van der Waals surface area contributed by atoms with Crippen molar-refractivity contribution < 1.29 is 9.13 Å². The van der Waals surface area contributed by atoms with Crippen LogP contribution in [-0.2, 0) is 6.61 Å². The summed E-state index contributed by atoms with van der Waals surface area (Å²) in [7, 11) is 0. The van der Waals surface area contributed by atoms with Gasteiger partial charge in [-0.3, -0.25) is 0 Å². The number of halogens is 2. The Morgan fingerprint density at radius 1 is 1.21 bits per heavy atom. The summed E-state index contributed by atoms with van der Waals surface area (Å²) in [5.41, 5.74) is 7.22. The van der Waals surface area contributed by atoms with Crippen molar-refractivity contribution in [3.63, 3.8) is 0 Å². The van der Waals surface area contributed by atoms with Gasteiger partial charge in [-0.2, -0.15) is 0 Å². The molecule has 0 aliphatic carbocycles. The second kappa shape index (κ2) is 6.04. The molecule has 0 aliphatic rings. The molecule has 2 rings (SSSR count). The molecule has 4 heteroatoms. The van der Waals surface area contributed by atoms with E-state index in [1.54, 1.807) is 12.1 Å². The van der Waals surface area contributed by atoms with Crippen LogP contribution in [0.4, 0.5) is 4.39 Å². The number of rotatable bonds is 4. The molecule has 0 aliphatic heterocycles. The number of nitrogens with two attached hydrogens (primary N) is 1. The Labute approximate surface area is 117 Å². The van der Waals surface area contributed by atoms with Crippen molar-refractivity contribution in [3.8, 4) is 5.75 Å². The first-order valence-electron chi connectivity index (χ1n) is 5.99. The zero-order chi connectivity index (χ0) is 13.8. The normalized spacial score (nSPS) is 12.2. The molecular weight excluding hydrogens is 265 g/mol. The summed E-state index contributed by atoms with van der Waals surface area (Å²) >= 11 is 5.71. The molecule has 0 saturated carbocycles. The van der Waals surface area contributed by atoms with Gasteiger partial charge in [0.25, 0.3) is 0 Å². The fourth-order valence-corrected chi connectivity index (χ4v) is 1.88. The van der Waals surface area contributed by atoms with E-state index in [0.717, 1.165) is 5.56 Å². The van der Waals surface area contributed by atoms with Gasteiger partial charge in [-0.15, -0.1) is 0 Å². The van der Waals surface area contributed by atoms with E-state index in [-0.39, 0.29) is 17.7 Å². The molecular formula is C15H15ClFNO. The quantitative estimate of drug-likeness (QED) is 0.915. The van der Waals surface area contributed by atoms with Crippen molar-refractivity contribution in [1.82, 2.24) is 0 Å². The molecule has 2 aromatic rings. The molecule has 1 unspecified atom stereocenters. The van der Waals surface area contributed by atoms with Crippen LogP contribution in [0.25, 0.3) is 0 Å². The lowest BCUT2D eigenvalue weighted by atomic mass is 10.1. The predicted molar refractivity (Wildman–Crippen MR) is 74.8 cm³/mol. The van der Waals surface area contributed by atoms with Gasteiger partial charge in [0.15, 0.2) is 0 Å². The lowest BCUT2D eigenvalue weighted by molar-refractivity contribution is 0.300. The van der Waals surface area contributed by atoms with Crippen LogP contribution in [0, 0.1) is 5.82 Å². The molecule has 0 amide bonds. The first kappa shape index (κ1) is 13.8. The third-order valence-electron chi connectivity index (χ3n) is 2.83. The average molecular weight is 280 g/mol. The third kappa shape index (κ3) is 3.46. The Balaban J connectivity index is 2.04. The summed E-state index contributed by atoms with van der Waals surface area (Å²) in [6.45, 7) is 2.06. The minimum atomic E-state index is -0.434. The SMILES string of the molecule is CC(N)c1ccc(OCc2cccc(Cl)c2F)cc1. The Morgan fingerprint density at radius 3 is 2.53 bits per heavy atom. The maximum Gasteiger partial charge on any atom is 0.148 e. The molecule has 0 bridgehead atoms. The van der Waals surface area contributed by atoms with Crippen molar-refractivity contribution in [2.75, 3.05) is 0 Å². The summed E-state index contributed by atoms with van der Waals surface area (Å²) < 4.78 is 19.2. The van der Waals surface area contributed by atoms with Gasteiger partial charge in [0.1, 0.15) is 18.2 Å². The smallest absolute Gasteiger partial charge is 0.148 e. The summed E-state index contributed by atoms with van der Waals surface area (Å²) in [6.07, 6.45) is 0. The number of benzene rings is 2. The maximum atomic E-state index is 13.6. The predicted octanol–water partition coefficient (Wildman–Crippen LogP) is 4.08. The van der Waals surface area contributed by atoms with E-state index in [1.165, 1.54) is 6.07 Å². The van der Waals surface area contributed by atoms with Crippen molar-refractivity contribution in [1.29, 1.82) is 0 Å².